The van der Waals surface area contributed by atoms with Crippen molar-refractivity contribution in [2.75, 3.05) is 5.32 Å². The maximum atomic E-state index is 9.47. The second-order valence-electron chi connectivity index (χ2n) is 4.01. The highest BCUT2D eigenvalue weighted by Gasteiger charge is 2.47. The third-order valence-corrected chi connectivity index (χ3v) is 2.86. The summed E-state index contributed by atoms with van der Waals surface area (Å²) in [5.41, 5.74) is -0.110. The molecule has 72 valence electrons. The van der Waals surface area contributed by atoms with Crippen molar-refractivity contribution in [3.8, 4) is 0 Å². The first-order chi connectivity index (χ1) is 6.10. The van der Waals surface area contributed by atoms with Crippen molar-refractivity contribution < 1.29 is 5.11 Å². The largest absolute Gasteiger partial charge is 0.392 e. The van der Waals surface area contributed by atoms with Gasteiger partial charge in [0.25, 0.3) is 5.95 Å². The van der Waals surface area contributed by atoms with Gasteiger partial charge < -0.3 is 10.4 Å². The van der Waals surface area contributed by atoms with E-state index in [1.165, 1.54) is 0 Å². The Morgan fingerprint density at radius 3 is 2.85 bits per heavy atom. The summed E-state index contributed by atoms with van der Waals surface area (Å²) in [7, 11) is 0. The van der Waals surface area contributed by atoms with E-state index >= 15 is 0 Å². The van der Waals surface area contributed by atoms with Gasteiger partial charge in [-0.15, -0.1) is 5.10 Å². The van der Waals surface area contributed by atoms with E-state index in [0.717, 1.165) is 6.42 Å². The SMILES string of the molecule is CC1(C)C(O)CC1Nc1nn[nH]n1. The van der Waals surface area contributed by atoms with Crippen LogP contribution in [0.1, 0.15) is 20.3 Å². The lowest BCUT2D eigenvalue weighted by molar-refractivity contribution is -0.0512. The van der Waals surface area contributed by atoms with Crippen LogP contribution in [0, 0.1) is 5.41 Å². The van der Waals surface area contributed by atoms with E-state index in [4.69, 9.17) is 0 Å². The normalized spacial score (nSPS) is 31.0. The van der Waals surface area contributed by atoms with Gasteiger partial charge in [0.1, 0.15) is 0 Å². The first-order valence-corrected chi connectivity index (χ1v) is 4.29. The summed E-state index contributed by atoms with van der Waals surface area (Å²) in [4.78, 5) is 0. The molecule has 1 aromatic rings. The van der Waals surface area contributed by atoms with E-state index in [-0.39, 0.29) is 17.6 Å². The molecule has 3 N–H and O–H groups in total. The molecule has 1 heterocycles. The first-order valence-electron chi connectivity index (χ1n) is 4.29. The number of hydrogen-bond acceptors (Lipinski definition) is 5. The van der Waals surface area contributed by atoms with Crippen LogP contribution in [0.2, 0.25) is 0 Å². The highest BCUT2D eigenvalue weighted by atomic mass is 16.3. The van der Waals surface area contributed by atoms with Gasteiger partial charge in [-0.3, -0.25) is 0 Å². The molecule has 0 bridgehead atoms. The number of H-pyrrole nitrogens is 1. The van der Waals surface area contributed by atoms with Gasteiger partial charge in [0.2, 0.25) is 0 Å². The molecule has 0 spiro atoms. The zero-order valence-corrected chi connectivity index (χ0v) is 7.65. The molecule has 2 rings (SSSR count). The number of aromatic amines is 1. The van der Waals surface area contributed by atoms with Crippen molar-refractivity contribution in [3.63, 3.8) is 0 Å². The molecule has 0 aromatic carbocycles. The lowest BCUT2D eigenvalue weighted by atomic mass is 9.65. The third-order valence-electron chi connectivity index (χ3n) is 2.86. The fourth-order valence-corrected chi connectivity index (χ4v) is 1.53. The Hall–Kier alpha value is -1.17. The van der Waals surface area contributed by atoms with Crippen LogP contribution in [-0.4, -0.2) is 37.9 Å². The molecule has 2 atom stereocenters. The minimum absolute atomic E-state index is 0.110. The average molecular weight is 183 g/mol. The van der Waals surface area contributed by atoms with Crippen LogP contribution in [0.25, 0.3) is 0 Å². The van der Waals surface area contributed by atoms with Crippen LogP contribution < -0.4 is 5.32 Å². The van der Waals surface area contributed by atoms with Crippen molar-refractivity contribution in [2.45, 2.75) is 32.4 Å². The molecule has 13 heavy (non-hydrogen) atoms. The zero-order valence-electron chi connectivity index (χ0n) is 7.65. The van der Waals surface area contributed by atoms with Crippen molar-refractivity contribution >= 4 is 5.95 Å². The number of tetrazole rings is 1. The molecular formula is C7H13N5O. The summed E-state index contributed by atoms with van der Waals surface area (Å²) in [6.07, 6.45) is 0.499. The molecule has 6 heteroatoms. The number of nitrogens with one attached hydrogen (secondary N) is 2. The van der Waals surface area contributed by atoms with Crippen molar-refractivity contribution in [1.82, 2.24) is 20.6 Å². The highest BCUT2D eigenvalue weighted by molar-refractivity contribution is 5.26. The summed E-state index contributed by atoms with van der Waals surface area (Å²) in [6.45, 7) is 4.03. The smallest absolute Gasteiger partial charge is 0.263 e. The maximum Gasteiger partial charge on any atom is 0.263 e. The molecule has 1 aliphatic rings. The molecule has 0 aliphatic heterocycles. The minimum Gasteiger partial charge on any atom is -0.392 e. The molecule has 1 aliphatic carbocycles. The van der Waals surface area contributed by atoms with Gasteiger partial charge in [-0.2, -0.15) is 5.21 Å². The maximum absolute atomic E-state index is 9.47. The first kappa shape index (κ1) is 8.43. The molecule has 0 amide bonds. The van der Waals surface area contributed by atoms with E-state index < -0.39 is 0 Å². The summed E-state index contributed by atoms with van der Waals surface area (Å²) in [6, 6.07) is 0.222. The van der Waals surface area contributed by atoms with Crippen molar-refractivity contribution in [3.05, 3.63) is 0 Å². The average Bonchev–Trinajstić information content (AvgIpc) is 2.56. The fourth-order valence-electron chi connectivity index (χ4n) is 1.53. The molecule has 6 nitrogen and oxygen atoms in total. The summed E-state index contributed by atoms with van der Waals surface area (Å²) < 4.78 is 0. The van der Waals surface area contributed by atoms with Gasteiger partial charge in [0, 0.05) is 11.5 Å². The number of aliphatic hydroxyl groups is 1. The topological polar surface area (TPSA) is 86.7 Å². The molecule has 0 saturated heterocycles. The van der Waals surface area contributed by atoms with Gasteiger partial charge in [-0.25, -0.2) is 0 Å². The molecule has 0 radical (unpaired) electrons. The quantitative estimate of drug-likeness (QED) is 0.589. The van der Waals surface area contributed by atoms with E-state index in [2.05, 4.69) is 25.9 Å². The number of anilines is 1. The molecule has 2 unspecified atom stereocenters. The van der Waals surface area contributed by atoms with Gasteiger partial charge in [0.15, 0.2) is 0 Å². The van der Waals surface area contributed by atoms with Gasteiger partial charge >= 0.3 is 0 Å². The molecular weight excluding hydrogens is 170 g/mol. The van der Waals surface area contributed by atoms with Crippen molar-refractivity contribution in [1.29, 1.82) is 0 Å². The summed E-state index contributed by atoms with van der Waals surface area (Å²) >= 11 is 0. The molecule has 1 saturated carbocycles. The second kappa shape index (κ2) is 2.66. The van der Waals surface area contributed by atoms with E-state index in [0.29, 0.717) is 5.95 Å². The third kappa shape index (κ3) is 1.27. The fraction of sp³-hybridized carbons (Fsp3) is 0.857. The minimum atomic E-state index is -0.239. The Bertz CT molecular complexity index is 283. The van der Waals surface area contributed by atoms with Crippen LogP contribution in [-0.2, 0) is 0 Å². The lowest BCUT2D eigenvalue weighted by Crippen LogP contribution is -2.57. The van der Waals surface area contributed by atoms with Gasteiger partial charge in [-0.05, 0) is 11.6 Å². The molecule has 1 fully saturated rings. The number of aromatic nitrogens is 4. The second-order valence-corrected chi connectivity index (χ2v) is 4.01. The number of nitrogens with zero attached hydrogens (tertiary/aromatic N) is 3. The van der Waals surface area contributed by atoms with E-state index in [1.54, 1.807) is 0 Å². The van der Waals surface area contributed by atoms with Crippen LogP contribution >= 0.6 is 0 Å². The Balaban J connectivity index is 1.98. The monoisotopic (exact) mass is 183 g/mol. The summed E-state index contributed by atoms with van der Waals surface area (Å²) in [5.74, 6) is 0.491. The molecule has 1 aromatic heterocycles. The van der Waals surface area contributed by atoms with E-state index in [9.17, 15) is 5.11 Å². The van der Waals surface area contributed by atoms with Crippen molar-refractivity contribution in [2.24, 2.45) is 5.41 Å². The van der Waals surface area contributed by atoms with Gasteiger partial charge in [-0.1, -0.05) is 18.9 Å². The van der Waals surface area contributed by atoms with Crippen LogP contribution in [0.5, 0.6) is 0 Å². The predicted molar refractivity (Wildman–Crippen MR) is 46.0 cm³/mol. The van der Waals surface area contributed by atoms with Gasteiger partial charge in [0.05, 0.1) is 6.10 Å². The Labute approximate surface area is 75.7 Å². The number of aliphatic hydroxyl groups excluding tert-OH is 1. The lowest BCUT2D eigenvalue weighted by Gasteiger charge is -2.49. The standard InChI is InChI=1S/C7H13N5O/c1-7(2)4(3-5(7)13)8-6-9-11-12-10-6/h4-5,13H,3H2,1-2H3,(H2,8,9,10,11,12). The zero-order chi connectivity index (χ0) is 9.47. The Morgan fingerprint density at radius 2 is 2.38 bits per heavy atom. The van der Waals surface area contributed by atoms with E-state index in [1.807, 2.05) is 13.8 Å². The highest BCUT2D eigenvalue weighted by Crippen LogP contribution is 2.41. The summed E-state index contributed by atoms with van der Waals surface area (Å²) in [5, 5.41) is 26.0. The van der Waals surface area contributed by atoms with Crippen LogP contribution in [0.3, 0.4) is 0 Å². The predicted octanol–water partition coefficient (Wildman–Crippen LogP) is -0.229. The number of hydrogen-bond donors (Lipinski definition) is 3. The Morgan fingerprint density at radius 1 is 1.62 bits per heavy atom. The van der Waals surface area contributed by atoms with Crippen LogP contribution in [0.15, 0.2) is 0 Å². The Kier molecular flexibility index (Phi) is 1.73. The van der Waals surface area contributed by atoms with Crippen LogP contribution in [0.4, 0.5) is 5.95 Å². The number of rotatable bonds is 2.